The minimum Gasteiger partial charge on any atom is -0.497 e. The number of hydrogen-bond donors (Lipinski definition) is 0. The Morgan fingerprint density at radius 3 is 2.56 bits per heavy atom. The fraction of sp³-hybridized carbons (Fsp3) is 0.500. The van der Waals surface area contributed by atoms with Crippen molar-refractivity contribution in [2.24, 2.45) is 0 Å². The van der Waals surface area contributed by atoms with E-state index in [1.54, 1.807) is 7.11 Å². The summed E-state index contributed by atoms with van der Waals surface area (Å²) >= 11 is 1.88. The summed E-state index contributed by atoms with van der Waals surface area (Å²) in [4.78, 5) is 0. The summed E-state index contributed by atoms with van der Waals surface area (Å²) in [6.07, 6.45) is 0. The Balaban J connectivity index is 1.79. The molecule has 0 aliphatic carbocycles. The number of methoxy groups -OCH3 is 1. The molecule has 2 rings (SSSR count). The third kappa shape index (κ3) is 3.40. The van der Waals surface area contributed by atoms with Gasteiger partial charge in [0.1, 0.15) is 5.75 Å². The monoisotopic (exact) mass is 239 g/mol. The number of morpholine rings is 1. The van der Waals surface area contributed by atoms with Crippen LogP contribution in [0.25, 0.3) is 0 Å². The summed E-state index contributed by atoms with van der Waals surface area (Å²) in [5.41, 5.74) is 1.33. The first kappa shape index (κ1) is 11.8. The molecule has 1 aliphatic rings. The first-order valence-electron chi connectivity index (χ1n) is 5.47. The molecule has 88 valence electrons. The lowest BCUT2D eigenvalue weighted by Gasteiger charge is -2.25. The summed E-state index contributed by atoms with van der Waals surface area (Å²) in [5, 5.41) is 0. The van der Waals surface area contributed by atoms with Gasteiger partial charge in [-0.3, -0.25) is 0 Å². The van der Waals surface area contributed by atoms with Crippen LogP contribution in [0.4, 0.5) is 0 Å². The molecule has 1 aromatic carbocycles. The SMILES string of the molecule is COc1ccc(CSN2CCOCC2)cc1. The molecule has 1 aliphatic heterocycles. The van der Waals surface area contributed by atoms with E-state index in [4.69, 9.17) is 9.47 Å². The molecule has 16 heavy (non-hydrogen) atoms. The molecule has 0 bridgehead atoms. The predicted octanol–water partition coefficient (Wildman–Crippen LogP) is 2.18. The Hall–Kier alpha value is -0.710. The third-order valence-electron chi connectivity index (χ3n) is 2.54. The van der Waals surface area contributed by atoms with Crippen LogP contribution in [0.1, 0.15) is 5.56 Å². The maximum Gasteiger partial charge on any atom is 0.118 e. The van der Waals surface area contributed by atoms with Crippen molar-refractivity contribution in [3.63, 3.8) is 0 Å². The van der Waals surface area contributed by atoms with Gasteiger partial charge in [-0.1, -0.05) is 24.1 Å². The Morgan fingerprint density at radius 2 is 1.94 bits per heavy atom. The highest BCUT2D eigenvalue weighted by molar-refractivity contribution is 7.96. The summed E-state index contributed by atoms with van der Waals surface area (Å²) in [6, 6.07) is 8.25. The van der Waals surface area contributed by atoms with E-state index in [1.807, 2.05) is 24.1 Å². The molecule has 4 heteroatoms. The first-order valence-corrected chi connectivity index (χ1v) is 6.41. The van der Waals surface area contributed by atoms with Crippen molar-refractivity contribution in [3.8, 4) is 5.75 Å². The highest BCUT2D eigenvalue weighted by Gasteiger charge is 2.10. The van der Waals surface area contributed by atoms with Gasteiger partial charge in [-0.25, -0.2) is 4.31 Å². The molecule has 3 nitrogen and oxygen atoms in total. The second kappa shape index (κ2) is 6.13. The van der Waals surface area contributed by atoms with E-state index in [1.165, 1.54) is 5.56 Å². The number of rotatable bonds is 4. The zero-order chi connectivity index (χ0) is 11.2. The van der Waals surface area contributed by atoms with Gasteiger partial charge in [0.2, 0.25) is 0 Å². The topological polar surface area (TPSA) is 21.7 Å². The van der Waals surface area contributed by atoms with Crippen LogP contribution in [-0.2, 0) is 10.5 Å². The van der Waals surface area contributed by atoms with Crippen LogP contribution in [0.2, 0.25) is 0 Å². The van der Waals surface area contributed by atoms with Gasteiger partial charge in [-0.15, -0.1) is 0 Å². The largest absolute Gasteiger partial charge is 0.497 e. The summed E-state index contributed by atoms with van der Waals surface area (Å²) in [6.45, 7) is 3.77. The average molecular weight is 239 g/mol. The minimum atomic E-state index is 0.857. The fourth-order valence-electron chi connectivity index (χ4n) is 1.56. The molecule has 1 saturated heterocycles. The van der Waals surface area contributed by atoms with Crippen molar-refractivity contribution < 1.29 is 9.47 Å². The molecule has 0 N–H and O–H groups in total. The Labute approximate surface area is 101 Å². The number of benzene rings is 1. The Bertz CT molecular complexity index is 309. The molecule has 1 aromatic rings. The smallest absolute Gasteiger partial charge is 0.118 e. The molecular formula is C12H17NO2S. The molecule has 0 amide bonds. The summed E-state index contributed by atoms with van der Waals surface area (Å²) in [7, 11) is 1.69. The van der Waals surface area contributed by atoms with Crippen molar-refractivity contribution in [2.75, 3.05) is 33.4 Å². The van der Waals surface area contributed by atoms with E-state index in [0.717, 1.165) is 37.8 Å². The van der Waals surface area contributed by atoms with Crippen molar-refractivity contribution >= 4 is 11.9 Å². The van der Waals surface area contributed by atoms with Crippen LogP contribution in [0, 0.1) is 0 Å². The molecule has 0 spiro atoms. The van der Waals surface area contributed by atoms with Crippen molar-refractivity contribution in [1.29, 1.82) is 0 Å². The van der Waals surface area contributed by atoms with Crippen LogP contribution < -0.4 is 4.74 Å². The highest BCUT2D eigenvalue weighted by Crippen LogP contribution is 2.20. The number of nitrogens with zero attached hydrogens (tertiary/aromatic N) is 1. The quantitative estimate of drug-likeness (QED) is 0.751. The molecule has 0 aromatic heterocycles. The van der Waals surface area contributed by atoms with Gasteiger partial charge in [0.05, 0.1) is 20.3 Å². The average Bonchev–Trinajstić information content (AvgIpc) is 2.38. The fourth-order valence-corrected chi connectivity index (χ4v) is 2.49. The van der Waals surface area contributed by atoms with E-state index in [9.17, 15) is 0 Å². The van der Waals surface area contributed by atoms with Gasteiger partial charge in [-0.05, 0) is 17.7 Å². The first-order chi connectivity index (χ1) is 7.88. The van der Waals surface area contributed by atoms with E-state index in [0.29, 0.717) is 0 Å². The van der Waals surface area contributed by atoms with Crippen molar-refractivity contribution in [1.82, 2.24) is 4.31 Å². The number of hydrogen-bond acceptors (Lipinski definition) is 4. The van der Waals surface area contributed by atoms with E-state index in [2.05, 4.69) is 16.4 Å². The second-order valence-corrected chi connectivity index (χ2v) is 4.73. The lowest BCUT2D eigenvalue weighted by atomic mass is 10.2. The van der Waals surface area contributed by atoms with Crippen molar-refractivity contribution in [2.45, 2.75) is 5.75 Å². The van der Waals surface area contributed by atoms with Gasteiger partial charge in [0, 0.05) is 18.8 Å². The van der Waals surface area contributed by atoms with Crippen LogP contribution >= 0.6 is 11.9 Å². The van der Waals surface area contributed by atoms with Crippen LogP contribution in [0.15, 0.2) is 24.3 Å². The van der Waals surface area contributed by atoms with Crippen LogP contribution in [0.3, 0.4) is 0 Å². The second-order valence-electron chi connectivity index (χ2n) is 3.66. The normalized spacial score (nSPS) is 17.3. The predicted molar refractivity (Wildman–Crippen MR) is 66.7 cm³/mol. The molecule has 1 fully saturated rings. The third-order valence-corrected chi connectivity index (χ3v) is 3.74. The lowest BCUT2D eigenvalue weighted by molar-refractivity contribution is 0.0773. The Morgan fingerprint density at radius 1 is 1.25 bits per heavy atom. The minimum absolute atomic E-state index is 0.857. The lowest BCUT2D eigenvalue weighted by Crippen LogP contribution is -2.31. The highest BCUT2D eigenvalue weighted by atomic mass is 32.2. The van der Waals surface area contributed by atoms with E-state index in [-0.39, 0.29) is 0 Å². The standard InChI is InChI=1S/C12H17NO2S/c1-14-12-4-2-11(3-5-12)10-16-13-6-8-15-9-7-13/h2-5H,6-10H2,1H3. The van der Waals surface area contributed by atoms with Gasteiger partial charge in [0.15, 0.2) is 0 Å². The molecule has 0 unspecified atom stereocenters. The molecule has 0 radical (unpaired) electrons. The van der Waals surface area contributed by atoms with Gasteiger partial charge in [-0.2, -0.15) is 0 Å². The molecule has 0 saturated carbocycles. The maximum atomic E-state index is 5.31. The zero-order valence-corrected chi connectivity index (χ0v) is 10.3. The Kier molecular flexibility index (Phi) is 4.51. The van der Waals surface area contributed by atoms with Gasteiger partial charge >= 0.3 is 0 Å². The van der Waals surface area contributed by atoms with Gasteiger partial charge < -0.3 is 9.47 Å². The summed E-state index contributed by atoms with van der Waals surface area (Å²) in [5.74, 6) is 1.93. The van der Waals surface area contributed by atoms with Crippen LogP contribution in [-0.4, -0.2) is 37.7 Å². The van der Waals surface area contributed by atoms with E-state index < -0.39 is 0 Å². The van der Waals surface area contributed by atoms with Crippen molar-refractivity contribution in [3.05, 3.63) is 29.8 Å². The molecular weight excluding hydrogens is 222 g/mol. The molecule has 0 atom stereocenters. The maximum absolute atomic E-state index is 5.31. The van der Waals surface area contributed by atoms with Gasteiger partial charge in [0.25, 0.3) is 0 Å². The number of ether oxygens (including phenoxy) is 2. The summed E-state index contributed by atoms with van der Waals surface area (Å²) < 4.78 is 12.8. The van der Waals surface area contributed by atoms with E-state index >= 15 is 0 Å². The van der Waals surface area contributed by atoms with Crippen LogP contribution in [0.5, 0.6) is 5.75 Å². The zero-order valence-electron chi connectivity index (χ0n) is 9.52. The molecule has 1 heterocycles.